The van der Waals surface area contributed by atoms with Crippen LogP contribution in [0, 0.1) is 18.6 Å². The molecule has 0 unspecified atom stereocenters. The molecule has 0 aliphatic carbocycles. The Labute approximate surface area is 117 Å². The third-order valence-electron chi connectivity index (χ3n) is 2.35. The summed E-state index contributed by atoms with van der Waals surface area (Å²) < 4.78 is 37.4. The fourth-order valence-electron chi connectivity index (χ4n) is 1.51. The Morgan fingerprint density at radius 1 is 1.38 bits per heavy atom. The molecule has 21 heavy (non-hydrogen) atoms. The smallest absolute Gasteiger partial charge is 0.328 e. The molecular formula is C13H10F2N2O4. The minimum Gasteiger partial charge on any atom is -0.478 e. The third-order valence-corrected chi connectivity index (χ3v) is 2.35. The van der Waals surface area contributed by atoms with Crippen molar-refractivity contribution in [3.8, 4) is 5.75 Å². The number of rotatable bonds is 5. The zero-order valence-electron chi connectivity index (χ0n) is 10.8. The molecule has 2 aromatic rings. The van der Waals surface area contributed by atoms with E-state index in [1.54, 1.807) is 6.92 Å². The van der Waals surface area contributed by atoms with E-state index < -0.39 is 23.4 Å². The summed E-state index contributed by atoms with van der Waals surface area (Å²) in [5.74, 6) is -3.35. The van der Waals surface area contributed by atoms with Crippen molar-refractivity contribution in [2.24, 2.45) is 0 Å². The summed E-state index contributed by atoms with van der Waals surface area (Å²) in [6, 6.07) is 1.91. The summed E-state index contributed by atoms with van der Waals surface area (Å²) in [7, 11) is 0. The molecule has 1 aromatic carbocycles. The van der Waals surface area contributed by atoms with Gasteiger partial charge in [-0.1, -0.05) is 0 Å². The number of ether oxygens (including phenoxy) is 1. The van der Waals surface area contributed by atoms with E-state index in [1.807, 2.05) is 0 Å². The van der Waals surface area contributed by atoms with Crippen LogP contribution in [0.1, 0.15) is 17.3 Å². The van der Waals surface area contributed by atoms with Crippen molar-refractivity contribution in [2.75, 3.05) is 0 Å². The number of carboxylic acids is 1. The number of aliphatic carboxylic acids is 1. The van der Waals surface area contributed by atoms with Crippen molar-refractivity contribution in [3.63, 3.8) is 0 Å². The van der Waals surface area contributed by atoms with Gasteiger partial charge < -0.3 is 14.3 Å². The van der Waals surface area contributed by atoms with Gasteiger partial charge in [-0.05, 0) is 23.8 Å². The molecule has 6 nitrogen and oxygen atoms in total. The number of hydrogen-bond acceptors (Lipinski definition) is 5. The Hall–Kier alpha value is -2.77. The zero-order chi connectivity index (χ0) is 15.4. The van der Waals surface area contributed by atoms with Crippen molar-refractivity contribution in [2.45, 2.75) is 13.5 Å². The first-order chi connectivity index (χ1) is 9.95. The molecule has 1 aromatic heterocycles. The Morgan fingerprint density at radius 2 is 2.05 bits per heavy atom. The van der Waals surface area contributed by atoms with Crippen LogP contribution in [0.25, 0.3) is 6.08 Å². The molecule has 0 saturated carbocycles. The highest BCUT2D eigenvalue weighted by Crippen LogP contribution is 2.24. The zero-order valence-corrected chi connectivity index (χ0v) is 10.8. The lowest BCUT2D eigenvalue weighted by Gasteiger charge is -2.07. The van der Waals surface area contributed by atoms with Crippen LogP contribution in [0.4, 0.5) is 8.78 Å². The molecule has 0 aliphatic heterocycles. The third kappa shape index (κ3) is 3.85. The summed E-state index contributed by atoms with van der Waals surface area (Å²) in [5, 5.41) is 15.6. The van der Waals surface area contributed by atoms with Gasteiger partial charge in [0.2, 0.25) is 5.89 Å². The molecule has 1 N–H and O–H groups in total. The molecule has 0 aliphatic rings. The van der Waals surface area contributed by atoms with Crippen LogP contribution in [0.5, 0.6) is 5.75 Å². The van der Waals surface area contributed by atoms with Crippen molar-refractivity contribution < 1.29 is 27.8 Å². The van der Waals surface area contributed by atoms with Crippen molar-refractivity contribution in [3.05, 3.63) is 47.2 Å². The average Bonchev–Trinajstić information content (AvgIpc) is 2.81. The molecule has 8 heteroatoms. The summed E-state index contributed by atoms with van der Waals surface area (Å²) in [6.07, 6.45) is 1.84. The first kappa shape index (κ1) is 14.6. The number of hydrogen-bond donors (Lipinski definition) is 1. The number of aryl methyl sites for hydroxylation is 1. The number of halogens is 2. The fourth-order valence-corrected chi connectivity index (χ4v) is 1.51. The Kier molecular flexibility index (Phi) is 4.27. The van der Waals surface area contributed by atoms with Crippen LogP contribution >= 0.6 is 0 Å². The second-order valence-corrected chi connectivity index (χ2v) is 3.99. The van der Waals surface area contributed by atoms with Crippen LogP contribution < -0.4 is 4.74 Å². The summed E-state index contributed by atoms with van der Waals surface area (Å²) in [4.78, 5) is 10.3. The normalized spacial score (nSPS) is 11.0. The maximum absolute atomic E-state index is 13.7. The molecule has 1 heterocycles. The van der Waals surface area contributed by atoms with E-state index in [2.05, 4.69) is 10.2 Å². The van der Waals surface area contributed by atoms with E-state index in [1.165, 1.54) is 0 Å². The van der Waals surface area contributed by atoms with Gasteiger partial charge in [0.25, 0.3) is 5.89 Å². The minimum atomic E-state index is -1.22. The van der Waals surface area contributed by atoms with Gasteiger partial charge in [-0.25, -0.2) is 13.6 Å². The van der Waals surface area contributed by atoms with E-state index >= 15 is 0 Å². The topological polar surface area (TPSA) is 85.5 Å². The molecule has 0 atom stereocenters. The van der Waals surface area contributed by atoms with Gasteiger partial charge in [-0.2, -0.15) is 0 Å². The van der Waals surface area contributed by atoms with Gasteiger partial charge in [0.1, 0.15) is 0 Å². The number of carboxylic acid groups (broad SMARTS) is 1. The average molecular weight is 296 g/mol. The SMILES string of the molecule is Cc1nnc(COc2c(F)cc(C=CC(=O)O)cc2F)o1. The van der Waals surface area contributed by atoms with E-state index in [0.29, 0.717) is 5.89 Å². The first-order valence-electron chi connectivity index (χ1n) is 5.77. The lowest BCUT2D eigenvalue weighted by molar-refractivity contribution is -0.131. The quantitative estimate of drug-likeness (QED) is 0.852. The van der Waals surface area contributed by atoms with Crippen molar-refractivity contribution in [1.29, 1.82) is 0 Å². The van der Waals surface area contributed by atoms with Gasteiger partial charge in [0.05, 0.1) is 0 Å². The molecule has 0 saturated heterocycles. The standard InChI is InChI=1S/C13H10F2N2O4/c1-7-16-17-11(21-7)6-20-13-9(14)4-8(5-10(13)15)2-3-12(18)19/h2-5H,6H2,1H3,(H,18,19). The van der Waals surface area contributed by atoms with Gasteiger partial charge in [-0.15, -0.1) is 10.2 Å². The second kappa shape index (κ2) is 6.12. The number of benzene rings is 1. The van der Waals surface area contributed by atoms with Gasteiger partial charge in [0.15, 0.2) is 24.0 Å². The largest absolute Gasteiger partial charge is 0.478 e. The predicted octanol–water partition coefficient (Wildman–Crippen LogP) is 2.33. The highest BCUT2D eigenvalue weighted by atomic mass is 19.1. The summed E-state index contributed by atoms with van der Waals surface area (Å²) in [5.41, 5.74) is 0.0633. The van der Waals surface area contributed by atoms with E-state index in [9.17, 15) is 13.6 Å². The monoisotopic (exact) mass is 296 g/mol. The van der Waals surface area contributed by atoms with E-state index in [4.69, 9.17) is 14.3 Å². The summed E-state index contributed by atoms with van der Waals surface area (Å²) in [6.45, 7) is 1.29. The van der Waals surface area contributed by atoms with Crippen molar-refractivity contribution >= 4 is 12.0 Å². The highest BCUT2D eigenvalue weighted by Gasteiger charge is 2.14. The number of nitrogens with zero attached hydrogens (tertiary/aromatic N) is 2. The Balaban J connectivity index is 2.15. The van der Waals surface area contributed by atoms with Crippen LogP contribution in [0.2, 0.25) is 0 Å². The molecule has 110 valence electrons. The second-order valence-electron chi connectivity index (χ2n) is 3.99. The maximum Gasteiger partial charge on any atom is 0.328 e. The van der Waals surface area contributed by atoms with Crippen LogP contribution in [0.3, 0.4) is 0 Å². The fraction of sp³-hybridized carbons (Fsp3) is 0.154. The first-order valence-corrected chi connectivity index (χ1v) is 5.77. The molecular weight excluding hydrogens is 286 g/mol. The van der Waals surface area contributed by atoms with Gasteiger partial charge in [-0.3, -0.25) is 0 Å². The number of aromatic nitrogens is 2. The lowest BCUT2D eigenvalue weighted by Crippen LogP contribution is -2.01. The maximum atomic E-state index is 13.7. The molecule has 2 rings (SSSR count). The van der Waals surface area contributed by atoms with Crippen LogP contribution in [-0.4, -0.2) is 21.3 Å². The molecule has 0 bridgehead atoms. The lowest BCUT2D eigenvalue weighted by atomic mass is 10.2. The molecule has 0 fully saturated rings. The molecule has 0 amide bonds. The van der Waals surface area contributed by atoms with Crippen LogP contribution in [0.15, 0.2) is 22.6 Å². The Morgan fingerprint density at radius 3 is 2.57 bits per heavy atom. The summed E-state index contributed by atoms with van der Waals surface area (Å²) >= 11 is 0. The van der Waals surface area contributed by atoms with Gasteiger partial charge in [0, 0.05) is 13.0 Å². The highest BCUT2D eigenvalue weighted by molar-refractivity contribution is 5.85. The van der Waals surface area contributed by atoms with Gasteiger partial charge >= 0.3 is 5.97 Å². The van der Waals surface area contributed by atoms with Crippen LogP contribution in [-0.2, 0) is 11.4 Å². The van der Waals surface area contributed by atoms with Crippen molar-refractivity contribution in [1.82, 2.24) is 10.2 Å². The molecule has 0 radical (unpaired) electrons. The van der Waals surface area contributed by atoms with E-state index in [0.717, 1.165) is 24.3 Å². The minimum absolute atomic E-state index is 0.0633. The number of carbonyl (C=O) groups is 1. The Bertz CT molecular complexity index is 674. The molecule has 0 spiro atoms. The predicted molar refractivity (Wildman–Crippen MR) is 66.4 cm³/mol. The van der Waals surface area contributed by atoms with E-state index in [-0.39, 0.29) is 18.1 Å².